The molecule has 0 aliphatic rings. The number of amides is 2. The lowest BCUT2D eigenvalue weighted by Gasteiger charge is -2.35. The first-order valence-corrected chi connectivity index (χ1v) is 8.57. The molecule has 138 valence electrons. The summed E-state index contributed by atoms with van der Waals surface area (Å²) in [6, 6.07) is 9.13. The number of rotatable bonds is 2. The molecule has 2 rings (SSSR count). The van der Waals surface area contributed by atoms with E-state index in [-0.39, 0.29) is 16.5 Å². The smallest absolute Gasteiger partial charge is 0.267 e. The van der Waals surface area contributed by atoms with E-state index in [9.17, 15) is 14.0 Å². The first kappa shape index (κ1) is 19.9. The van der Waals surface area contributed by atoms with E-state index in [0.29, 0.717) is 5.56 Å². The highest BCUT2D eigenvalue weighted by Crippen LogP contribution is 2.21. The van der Waals surface area contributed by atoms with Gasteiger partial charge in [0.15, 0.2) is 0 Å². The summed E-state index contributed by atoms with van der Waals surface area (Å²) in [4.78, 5) is 25.6. The summed E-state index contributed by atoms with van der Waals surface area (Å²) in [5, 5.41) is 1.09. The molecule has 6 heteroatoms. The Morgan fingerprint density at radius 1 is 1.12 bits per heavy atom. The van der Waals surface area contributed by atoms with E-state index in [2.05, 4.69) is 5.43 Å². The average Bonchev–Trinajstić information content (AvgIpc) is 2.55. The molecule has 0 spiro atoms. The quantitative estimate of drug-likeness (QED) is 0.773. The van der Waals surface area contributed by atoms with Gasteiger partial charge in [-0.25, -0.2) is 9.40 Å². The Labute approximate surface area is 157 Å². The molecule has 0 saturated carbocycles. The number of nitrogens with zero attached hydrogens (tertiary/aromatic N) is 1. The molecule has 26 heavy (non-hydrogen) atoms. The molecule has 0 unspecified atom stereocenters. The molecule has 0 fully saturated rings. The second-order valence-electron chi connectivity index (χ2n) is 7.13. The summed E-state index contributed by atoms with van der Waals surface area (Å²) >= 11 is 5.78. The molecular weight excluding hydrogens is 355 g/mol. The van der Waals surface area contributed by atoms with Crippen molar-refractivity contribution in [2.24, 2.45) is 0 Å². The molecule has 2 aromatic carbocycles. The minimum absolute atomic E-state index is 0.148. The van der Waals surface area contributed by atoms with Gasteiger partial charge < -0.3 is 0 Å². The highest BCUT2D eigenvalue weighted by Gasteiger charge is 2.30. The molecule has 2 amide bonds. The van der Waals surface area contributed by atoms with Gasteiger partial charge in [0, 0.05) is 11.1 Å². The lowest BCUT2D eigenvalue weighted by Crippen LogP contribution is -2.56. The van der Waals surface area contributed by atoms with Gasteiger partial charge in [0.1, 0.15) is 5.82 Å². The zero-order valence-corrected chi connectivity index (χ0v) is 16.2. The van der Waals surface area contributed by atoms with Crippen LogP contribution in [0.15, 0.2) is 36.4 Å². The fraction of sp³-hybridized carbons (Fsp3) is 0.300. The Kier molecular flexibility index (Phi) is 5.71. The van der Waals surface area contributed by atoms with Gasteiger partial charge in [0.05, 0.1) is 10.6 Å². The molecule has 0 heterocycles. The van der Waals surface area contributed by atoms with Gasteiger partial charge in [0.25, 0.3) is 11.8 Å². The van der Waals surface area contributed by atoms with Crippen molar-refractivity contribution in [2.75, 3.05) is 0 Å². The number of benzene rings is 2. The van der Waals surface area contributed by atoms with Gasteiger partial charge in [-0.15, -0.1) is 0 Å². The predicted molar refractivity (Wildman–Crippen MR) is 101 cm³/mol. The SMILES string of the molecule is Cc1cccc(C(=O)NN(C(=O)c2ccc(F)c(Cl)c2)C(C)(C)C)c1C. The molecule has 0 atom stereocenters. The van der Waals surface area contributed by atoms with Gasteiger partial charge in [0.2, 0.25) is 0 Å². The number of hydrogen-bond acceptors (Lipinski definition) is 2. The number of carbonyl (C=O) groups is 2. The molecule has 0 aliphatic heterocycles. The van der Waals surface area contributed by atoms with Crippen molar-refractivity contribution in [3.05, 3.63) is 69.5 Å². The Balaban J connectivity index is 2.36. The fourth-order valence-electron chi connectivity index (χ4n) is 2.44. The van der Waals surface area contributed by atoms with Crippen molar-refractivity contribution >= 4 is 23.4 Å². The van der Waals surface area contributed by atoms with E-state index in [0.717, 1.165) is 17.2 Å². The topological polar surface area (TPSA) is 49.4 Å². The molecule has 0 saturated heterocycles. The molecule has 1 N–H and O–H groups in total. The van der Waals surface area contributed by atoms with Gasteiger partial charge >= 0.3 is 0 Å². The summed E-state index contributed by atoms with van der Waals surface area (Å²) in [6.07, 6.45) is 0. The highest BCUT2D eigenvalue weighted by atomic mass is 35.5. The first-order valence-electron chi connectivity index (χ1n) is 8.19. The third-order valence-electron chi connectivity index (χ3n) is 4.10. The van der Waals surface area contributed by atoms with Crippen LogP contribution in [0.1, 0.15) is 52.6 Å². The standard InChI is InChI=1S/C20H22ClFN2O2/c1-12-7-6-8-15(13(12)2)18(25)23-24(20(3,4)5)19(26)14-9-10-17(22)16(21)11-14/h6-11H,1-5H3,(H,23,25). The maximum absolute atomic E-state index is 13.4. The van der Waals surface area contributed by atoms with E-state index in [4.69, 9.17) is 11.6 Å². The molecule has 2 aromatic rings. The fourth-order valence-corrected chi connectivity index (χ4v) is 2.62. The van der Waals surface area contributed by atoms with Crippen molar-refractivity contribution in [3.63, 3.8) is 0 Å². The normalized spacial score (nSPS) is 11.2. The van der Waals surface area contributed by atoms with Crippen LogP contribution in [0.4, 0.5) is 4.39 Å². The van der Waals surface area contributed by atoms with E-state index in [1.807, 2.05) is 19.9 Å². The van der Waals surface area contributed by atoms with Crippen LogP contribution in [-0.4, -0.2) is 22.4 Å². The average molecular weight is 377 g/mol. The first-order chi connectivity index (χ1) is 12.0. The Morgan fingerprint density at radius 2 is 1.77 bits per heavy atom. The third-order valence-corrected chi connectivity index (χ3v) is 4.39. The van der Waals surface area contributed by atoms with E-state index in [1.165, 1.54) is 17.1 Å². The Bertz CT molecular complexity index is 859. The summed E-state index contributed by atoms with van der Waals surface area (Å²) in [5.74, 6) is -1.47. The van der Waals surface area contributed by atoms with Gasteiger partial charge in [-0.3, -0.25) is 15.0 Å². The van der Waals surface area contributed by atoms with E-state index in [1.54, 1.807) is 32.9 Å². The van der Waals surface area contributed by atoms with Gasteiger partial charge in [-0.2, -0.15) is 0 Å². The largest absolute Gasteiger partial charge is 0.272 e. The Morgan fingerprint density at radius 3 is 2.35 bits per heavy atom. The molecule has 0 bridgehead atoms. The lowest BCUT2D eigenvalue weighted by atomic mass is 10.0. The summed E-state index contributed by atoms with van der Waals surface area (Å²) < 4.78 is 13.4. The second kappa shape index (κ2) is 7.46. The van der Waals surface area contributed by atoms with Crippen LogP contribution >= 0.6 is 11.6 Å². The highest BCUT2D eigenvalue weighted by molar-refractivity contribution is 6.31. The van der Waals surface area contributed by atoms with Crippen LogP contribution in [0.3, 0.4) is 0 Å². The monoisotopic (exact) mass is 376 g/mol. The van der Waals surface area contributed by atoms with Crippen LogP contribution in [0.25, 0.3) is 0 Å². The Hall–Kier alpha value is -2.40. The van der Waals surface area contributed by atoms with Crippen molar-refractivity contribution in [2.45, 2.75) is 40.2 Å². The van der Waals surface area contributed by atoms with Crippen LogP contribution in [-0.2, 0) is 0 Å². The van der Waals surface area contributed by atoms with Gasteiger partial charge in [-0.1, -0.05) is 23.7 Å². The zero-order chi connectivity index (χ0) is 19.6. The van der Waals surface area contributed by atoms with Crippen molar-refractivity contribution < 1.29 is 14.0 Å². The van der Waals surface area contributed by atoms with E-state index >= 15 is 0 Å². The molecule has 4 nitrogen and oxygen atoms in total. The summed E-state index contributed by atoms with van der Waals surface area (Å²) in [6.45, 7) is 9.14. The van der Waals surface area contributed by atoms with E-state index < -0.39 is 17.3 Å². The number of aryl methyl sites for hydroxylation is 1. The number of carbonyl (C=O) groups excluding carboxylic acids is 2. The number of hydrazine groups is 1. The molecule has 0 radical (unpaired) electrons. The number of hydrogen-bond donors (Lipinski definition) is 1. The zero-order valence-electron chi connectivity index (χ0n) is 15.5. The number of halogens is 2. The lowest BCUT2D eigenvalue weighted by molar-refractivity contribution is 0.0358. The molecule has 0 aliphatic carbocycles. The summed E-state index contributed by atoms with van der Waals surface area (Å²) in [7, 11) is 0. The maximum atomic E-state index is 13.4. The number of nitrogens with one attached hydrogen (secondary N) is 1. The maximum Gasteiger partial charge on any atom is 0.272 e. The minimum Gasteiger partial charge on any atom is -0.267 e. The van der Waals surface area contributed by atoms with Gasteiger partial charge in [-0.05, 0) is 70.0 Å². The van der Waals surface area contributed by atoms with Crippen molar-refractivity contribution in [3.8, 4) is 0 Å². The molecular formula is C20H22ClFN2O2. The molecule has 0 aromatic heterocycles. The van der Waals surface area contributed by atoms with Crippen LogP contribution in [0.5, 0.6) is 0 Å². The van der Waals surface area contributed by atoms with Crippen molar-refractivity contribution in [1.82, 2.24) is 10.4 Å². The second-order valence-corrected chi connectivity index (χ2v) is 7.54. The minimum atomic E-state index is -0.703. The van der Waals surface area contributed by atoms with Crippen molar-refractivity contribution in [1.29, 1.82) is 0 Å². The van der Waals surface area contributed by atoms with Crippen LogP contribution in [0.2, 0.25) is 5.02 Å². The predicted octanol–water partition coefficient (Wildman–Crippen LogP) is 4.68. The van der Waals surface area contributed by atoms with Crippen LogP contribution in [0, 0.1) is 19.7 Å². The van der Waals surface area contributed by atoms with Crippen LogP contribution < -0.4 is 5.43 Å². The summed E-state index contributed by atoms with van der Waals surface area (Å²) in [5.41, 5.74) is 4.48. The third kappa shape index (κ3) is 4.22.